The first-order valence-electron chi connectivity index (χ1n) is 5.96. The first-order valence-corrected chi connectivity index (χ1v) is 7.40. The lowest BCUT2D eigenvalue weighted by Gasteiger charge is -2.29. The number of carbonyl (C=O) groups excluding carboxylic acids is 1. The van der Waals surface area contributed by atoms with Crippen molar-refractivity contribution in [2.45, 2.75) is 24.3 Å². The summed E-state index contributed by atoms with van der Waals surface area (Å²) in [5.74, 6) is -0.625. The molecular weight excluding hydrogens is 264 g/mol. The molecule has 0 fully saturated rings. The SMILES string of the molecule is Cc1ccc(S(=O)(=O)N2CC=CCC2C(N)=O)cc1. The second-order valence-electron chi connectivity index (χ2n) is 4.51. The highest BCUT2D eigenvalue weighted by Gasteiger charge is 2.34. The van der Waals surface area contributed by atoms with E-state index in [1.807, 2.05) is 6.92 Å². The van der Waals surface area contributed by atoms with Crippen molar-refractivity contribution >= 4 is 15.9 Å². The normalized spacial score (nSPS) is 20.4. The summed E-state index contributed by atoms with van der Waals surface area (Å²) in [6.45, 7) is 2.05. The van der Waals surface area contributed by atoms with Gasteiger partial charge >= 0.3 is 0 Å². The van der Waals surface area contributed by atoms with Crippen molar-refractivity contribution in [2.75, 3.05) is 6.54 Å². The van der Waals surface area contributed by atoms with Crippen LogP contribution in [-0.4, -0.2) is 31.2 Å². The maximum atomic E-state index is 12.5. The maximum absolute atomic E-state index is 12.5. The summed E-state index contributed by atoms with van der Waals surface area (Å²) in [5, 5.41) is 0. The average molecular weight is 280 g/mol. The number of benzene rings is 1. The number of nitrogens with two attached hydrogens (primary N) is 1. The van der Waals surface area contributed by atoms with Crippen molar-refractivity contribution in [2.24, 2.45) is 5.73 Å². The number of carbonyl (C=O) groups is 1. The zero-order valence-corrected chi connectivity index (χ0v) is 11.4. The minimum Gasteiger partial charge on any atom is -0.368 e. The third kappa shape index (κ3) is 2.69. The van der Waals surface area contributed by atoms with E-state index >= 15 is 0 Å². The second kappa shape index (κ2) is 5.14. The molecule has 1 amide bonds. The van der Waals surface area contributed by atoms with Crippen LogP contribution in [0, 0.1) is 6.92 Å². The molecule has 5 nitrogen and oxygen atoms in total. The van der Waals surface area contributed by atoms with Crippen LogP contribution in [0.3, 0.4) is 0 Å². The molecule has 6 heteroatoms. The molecule has 0 aromatic heterocycles. The fourth-order valence-corrected chi connectivity index (χ4v) is 3.58. The minimum absolute atomic E-state index is 0.170. The fourth-order valence-electron chi connectivity index (χ4n) is 2.02. The first kappa shape index (κ1) is 13.8. The van der Waals surface area contributed by atoms with E-state index in [4.69, 9.17) is 5.73 Å². The molecule has 2 N–H and O–H groups in total. The standard InChI is InChI=1S/C13H16N2O3S/c1-10-5-7-11(8-6-10)19(17,18)15-9-3-2-4-12(15)13(14)16/h2-3,5-8,12H,4,9H2,1H3,(H2,14,16). The van der Waals surface area contributed by atoms with Gasteiger partial charge in [-0.05, 0) is 25.5 Å². The second-order valence-corrected chi connectivity index (χ2v) is 6.40. The van der Waals surface area contributed by atoms with Gasteiger partial charge in [-0.3, -0.25) is 4.79 Å². The van der Waals surface area contributed by atoms with Crippen LogP contribution in [0.4, 0.5) is 0 Å². The highest BCUT2D eigenvalue weighted by Crippen LogP contribution is 2.22. The summed E-state index contributed by atoms with van der Waals surface area (Å²) in [7, 11) is -3.69. The molecule has 102 valence electrons. The summed E-state index contributed by atoms with van der Waals surface area (Å²) >= 11 is 0. The number of rotatable bonds is 3. The molecule has 19 heavy (non-hydrogen) atoms. The van der Waals surface area contributed by atoms with Crippen LogP contribution in [-0.2, 0) is 14.8 Å². The Morgan fingerprint density at radius 1 is 1.26 bits per heavy atom. The number of sulfonamides is 1. The van der Waals surface area contributed by atoms with Crippen LogP contribution in [0.15, 0.2) is 41.3 Å². The number of hydrogen-bond acceptors (Lipinski definition) is 3. The maximum Gasteiger partial charge on any atom is 0.244 e. The minimum atomic E-state index is -3.69. The van der Waals surface area contributed by atoms with E-state index in [-0.39, 0.29) is 11.4 Å². The molecule has 0 radical (unpaired) electrons. The lowest BCUT2D eigenvalue weighted by Crippen LogP contribution is -2.49. The predicted molar refractivity (Wildman–Crippen MR) is 71.8 cm³/mol. The Bertz CT molecular complexity index is 605. The predicted octanol–water partition coefficient (Wildman–Crippen LogP) is 0.800. The van der Waals surface area contributed by atoms with Crippen molar-refractivity contribution in [1.29, 1.82) is 0 Å². The van der Waals surface area contributed by atoms with E-state index in [0.29, 0.717) is 6.42 Å². The topological polar surface area (TPSA) is 80.5 Å². The molecule has 0 saturated carbocycles. The fraction of sp³-hybridized carbons (Fsp3) is 0.308. The van der Waals surface area contributed by atoms with Gasteiger partial charge in [-0.1, -0.05) is 29.8 Å². The lowest BCUT2D eigenvalue weighted by molar-refractivity contribution is -0.121. The Balaban J connectivity index is 2.40. The van der Waals surface area contributed by atoms with E-state index in [9.17, 15) is 13.2 Å². The van der Waals surface area contributed by atoms with Crippen molar-refractivity contribution in [3.63, 3.8) is 0 Å². The van der Waals surface area contributed by atoms with Gasteiger partial charge in [0.15, 0.2) is 0 Å². The number of primary amides is 1. The van der Waals surface area contributed by atoms with Gasteiger partial charge in [0.1, 0.15) is 6.04 Å². The summed E-state index contributed by atoms with van der Waals surface area (Å²) in [5.41, 5.74) is 6.25. The Hall–Kier alpha value is -1.66. The number of nitrogens with zero attached hydrogens (tertiary/aromatic N) is 1. The monoisotopic (exact) mass is 280 g/mol. The van der Waals surface area contributed by atoms with Crippen LogP contribution < -0.4 is 5.73 Å². The van der Waals surface area contributed by atoms with E-state index in [1.165, 1.54) is 0 Å². The molecule has 0 aliphatic carbocycles. The summed E-state index contributed by atoms with van der Waals surface area (Å²) in [4.78, 5) is 11.6. The van der Waals surface area contributed by atoms with Gasteiger partial charge in [0.2, 0.25) is 15.9 Å². The van der Waals surface area contributed by atoms with Crippen LogP contribution in [0.2, 0.25) is 0 Å². The van der Waals surface area contributed by atoms with E-state index in [0.717, 1.165) is 9.87 Å². The van der Waals surface area contributed by atoms with Crippen LogP contribution in [0.5, 0.6) is 0 Å². The third-order valence-electron chi connectivity index (χ3n) is 3.11. The third-order valence-corrected chi connectivity index (χ3v) is 5.00. The molecule has 1 atom stereocenters. The molecule has 1 unspecified atom stereocenters. The highest BCUT2D eigenvalue weighted by atomic mass is 32.2. The first-order chi connectivity index (χ1) is 8.93. The molecule has 1 aromatic carbocycles. The van der Waals surface area contributed by atoms with Crippen molar-refractivity contribution in [3.05, 3.63) is 42.0 Å². The van der Waals surface area contributed by atoms with Crippen LogP contribution >= 0.6 is 0 Å². The quantitative estimate of drug-likeness (QED) is 0.832. The number of hydrogen-bond donors (Lipinski definition) is 1. The zero-order valence-electron chi connectivity index (χ0n) is 10.6. The van der Waals surface area contributed by atoms with Crippen molar-refractivity contribution < 1.29 is 13.2 Å². The van der Waals surface area contributed by atoms with Gasteiger partial charge in [0.05, 0.1) is 4.90 Å². The van der Waals surface area contributed by atoms with Gasteiger partial charge in [0, 0.05) is 6.54 Å². The molecule has 0 saturated heterocycles. The molecule has 1 aliphatic heterocycles. The lowest BCUT2D eigenvalue weighted by atomic mass is 10.1. The summed E-state index contributed by atoms with van der Waals surface area (Å²) < 4.78 is 26.1. The van der Waals surface area contributed by atoms with E-state index < -0.39 is 22.0 Å². The Morgan fingerprint density at radius 3 is 2.47 bits per heavy atom. The van der Waals surface area contributed by atoms with Crippen molar-refractivity contribution in [3.8, 4) is 0 Å². The van der Waals surface area contributed by atoms with Crippen molar-refractivity contribution in [1.82, 2.24) is 4.31 Å². The smallest absolute Gasteiger partial charge is 0.244 e. The van der Waals surface area contributed by atoms with Gasteiger partial charge in [-0.15, -0.1) is 0 Å². The number of aryl methyl sites for hydroxylation is 1. The highest BCUT2D eigenvalue weighted by molar-refractivity contribution is 7.89. The molecule has 0 spiro atoms. The van der Waals surface area contributed by atoms with Gasteiger partial charge in [0.25, 0.3) is 0 Å². The summed E-state index contributed by atoms with van der Waals surface area (Å²) in [6.07, 6.45) is 3.82. The molecule has 1 aliphatic rings. The van der Waals surface area contributed by atoms with Gasteiger partial charge < -0.3 is 5.73 Å². The summed E-state index contributed by atoms with van der Waals surface area (Å²) in [6, 6.07) is 5.73. The Morgan fingerprint density at radius 2 is 1.89 bits per heavy atom. The Kier molecular flexibility index (Phi) is 3.73. The van der Waals surface area contributed by atoms with Gasteiger partial charge in [-0.2, -0.15) is 4.31 Å². The molecule has 2 rings (SSSR count). The molecular formula is C13H16N2O3S. The van der Waals surface area contributed by atoms with Crippen LogP contribution in [0.1, 0.15) is 12.0 Å². The van der Waals surface area contributed by atoms with Gasteiger partial charge in [-0.25, -0.2) is 8.42 Å². The Labute approximate surface area is 112 Å². The average Bonchev–Trinajstić information content (AvgIpc) is 2.39. The number of amides is 1. The van der Waals surface area contributed by atoms with Crippen LogP contribution in [0.25, 0.3) is 0 Å². The molecule has 1 aromatic rings. The van der Waals surface area contributed by atoms with E-state index in [1.54, 1.807) is 36.4 Å². The largest absolute Gasteiger partial charge is 0.368 e. The molecule has 1 heterocycles. The molecule has 0 bridgehead atoms. The zero-order chi connectivity index (χ0) is 14.0. The van der Waals surface area contributed by atoms with E-state index in [2.05, 4.69) is 0 Å².